The van der Waals surface area contributed by atoms with E-state index in [-0.39, 0.29) is 0 Å². The van der Waals surface area contributed by atoms with Gasteiger partial charge in [0.1, 0.15) is 0 Å². The summed E-state index contributed by atoms with van der Waals surface area (Å²) < 4.78 is 0.612. The molecule has 0 radical (unpaired) electrons. The lowest BCUT2D eigenvalue weighted by Gasteiger charge is -2.40. The summed E-state index contributed by atoms with van der Waals surface area (Å²) in [5.41, 5.74) is 0. The Hall–Kier alpha value is -1.89. The standard InChI is InChI=1S/C33H61NO6/c1-5-6-7-8-9-10-11-12-13-14-15-16-17-18-19-20-24-34(25-21-28(2)31(35)36,26-22-29(3)32(37)38)27-23-30(4)33(39)40/h8-9,28-30H,5-7,10-27H2,1-4H3,(H2-,35,36,37,38,39,40)/p+1/b9-8+. The first-order valence-corrected chi connectivity index (χ1v) is 16.2. The smallest absolute Gasteiger partial charge is 0.306 e. The van der Waals surface area contributed by atoms with Gasteiger partial charge in [-0.2, -0.15) is 0 Å². The van der Waals surface area contributed by atoms with Crippen molar-refractivity contribution in [2.75, 3.05) is 26.2 Å². The molecule has 0 rings (SSSR count). The molecule has 0 aromatic rings. The van der Waals surface area contributed by atoms with Crippen LogP contribution < -0.4 is 0 Å². The van der Waals surface area contributed by atoms with Gasteiger partial charge in [0, 0.05) is 19.3 Å². The molecule has 0 spiro atoms. The molecule has 0 saturated carbocycles. The summed E-state index contributed by atoms with van der Waals surface area (Å²) in [6.07, 6.45) is 23.5. The zero-order chi connectivity index (χ0) is 30.2. The van der Waals surface area contributed by atoms with E-state index in [2.05, 4.69) is 19.1 Å². The van der Waals surface area contributed by atoms with E-state index < -0.39 is 35.7 Å². The Labute approximate surface area is 245 Å². The molecular weight excluding hydrogens is 506 g/mol. The highest BCUT2D eigenvalue weighted by Gasteiger charge is 2.31. The van der Waals surface area contributed by atoms with Crippen LogP contribution in [-0.2, 0) is 14.4 Å². The maximum absolute atomic E-state index is 11.5. The molecule has 0 heterocycles. The number of nitrogens with zero attached hydrogens (tertiary/aromatic N) is 1. The van der Waals surface area contributed by atoms with Crippen LogP contribution in [0.5, 0.6) is 0 Å². The van der Waals surface area contributed by atoms with Crippen LogP contribution in [0.1, 0.15) is 137 Å². The third kappa shape index (κ3) is 20.1. The van der Waals surface area contributed by atoms with Crippen LogP contribution in [0.25, 0.3) is 0 Å². The largest absolute Gasteiger partial charge is 0.481 e. The lowest BCUT2D eigenvalue weighted by Crippen LogP contribution is -2.52. The highest BCUT2D eigenvalue weighted by Crippen LogP contribution is 2.22. The van der Waals surface area contributed by atoms with Crippen LogP contribution in [0.3, 0.4) is 0 Å². The molecule has 3 atom stereocenters. The molecule has 234 valence electrons. The number of carbonyl (C=O) groups is 3. The molecule has 40 heavy (non-hydrogen) atoms. The maximum Gasteiger partial charge on any atom is 0.306 e. The number of allylic oxidation sites excluding steroid dienone is 2. The van der Waals surface area contributed by atoms with Crippen molar-refractivity contribution in [1.82, 2.24) is 0 Å². The Kier molecular flexibility index (Phi) is 22.7. The van der Waals surface area contributed by atoms with Gasteiger partial charge in [0.05, 0.1) is 43.9 Å². The van der Waals surface area contributed by atoms with Crippen molar-refractivity contribution in [3.05, 3.63) is 12.2 Å². The number of aliphatic carboxylic acids is 3. The number of unbranched alkanes of at least 4 members (excludes halogenated alkanes) is 12. The number of hydrogen-bond donors (Lipinski definition) is 3. The molecular formula is C33H62NO6+. The summed E-state index contributed by atoms with van der Waals surface area (Å²) in [6, 6.07) is 0. The Morgan fingerprint density at radius 2 is 0.850 bits per heavy atom. The minimum Gasteiger partial charge on any atom is -0.481 e. The van der Waals surface area contributed by atoms with Gasteiger partial charge in [0.15, 0.2) is 0 Å². The fourth-order valence-corrected chi connectivity index (χ4v) is 5.13. The normalized spacial score (nSPS) is 15.5. The second-order valence-corrected chi connectivity index (χ2v) is 12.3. The molecule has 3 N–H and O–H groups in total. The molecule has 0 amide bonds. The van der Waals surface area contributed by atoms with Crippen molar-refractivity contribution in [1.29, 1.82) is 0 Å². The van der Waals surface area contributed by atoms with Crippen LogP contribution in [0.4, 0.5) is 0 Å². The third-order valence-electron chi connectivity index (χ3n) is 8.52. The Bertz CT molecular complexity index is 647. The lowest BCUT2D eigenvalue weighted by molar-refractivity contribution is -0.929. The molecule has 0 aliphatic carbocycles. The Balaban J connectivity index is 4.63. The van der Waals surface area contributed by atoms with Crippen LogP contribution >= 0.6 is 0 Å². The van der Waals surface area contributed by atoms with E-state index in [0.29, 0.717) is 43.4 Å². The minimum atomic E-state index is -0.824. The van der Waals surface area contributed by atoms with E-state index in [0.717, 1.165) is 19.4 Å². The third-order valence-corrected chi connectivity index (χ3v) is 8.52. The van der Waals surface area contributed by atoms with Crippen molar-refractivity contribution in [2.24, 2.45) is 17.8 Å². The molecule has 0 saturated heterocycles. The first-order chi connectivity index (χ1) is 19.0. The predicted octanol–water partition coefficient (Wildman–Crippen LogP) is 8.17. The van der Waals surface area contributed by atoms with Crippen molar-refractivity contribution < 1.29 is 34.2 Å². The summed E-state index contributed by atoms with van der Waals surface area (Å²) in [5, 5.41) is 28.3. The van der Waals surface area contributed by atoms with Gasteiger partial charge in [-0.1, -0.05) is 97.6 Å². The molecule has 0 aromatic carbocycles. The minimum absolute atomic E-state index is 0.478. The van der Waals surface area contributed by atoms with E-state index in [9.17, 15) is 29.7 Å². The van der Waals surface area contributed by atoms with Gasteiger partial charge >= 0.3 is 17.9 Å². The molecule has 7 heteroatoms. The first kappa shape index (κ1) is 38.1. The second-order valence-electron chi connectivity index (χ2n) is 12.3. The first-order valence-electron chi connectivity index (χ1n) is 16.2. The van der Waals surface area contributed by atoms with Gasteiger partial charge in [0.2, 0.25) is 0 Å². The molecule has 0 aliphatic heterocycles. The van der Waals surface area contributed by atoms with Crippen molar-refractivity contribution >= 4 is 17.9 Å². The van der Waals surface area contributed by atoms with Gasteiger partial charge < -0.3 is 19.8 Å². The van der Waals surface area contributed by atoms with E-state index in [1.54, 1.807) is 20.8 Å². The zero-order valence-corrected chi connectivity index (χ0v) is 26.2. The molecule has 7 nitrogen and oxygen atoms in total. The van der Waals surface area contributed by atoms with Gasteiger partial charge in [0.25, 0.3) is 0 Å². The van der Waals surface area contributed by atoms with Gasteiger partial charge in [-0.3, -0.25) is 14.4 Å². The summed E-state index contributed by atoms with van der Waals surface area (Å²) in [6.45, 7) is 10.1. The average Bonchev–Trinajstić information content (AvgIpc) is 2.92. The van der Waals surface area contributed by atoms with Crippen molar-refractivity contribution in [3.63, 3.8) is 0 Å². The summed E-state index contributed by atoms with van der Waals surface area (Å²) in [7, 11) is 0. The highest BCUT2D eigenvalue weighted by molar-refractivity contribution is 5.70. The van der Waals surface area contributed by atoms with Gasteiger partial charge in [-0.05, 0) is 32.1 Å². The van der Waals surface area contributed by atoms with Crippen molar-refractivity contribution in [3.8, 4) is 0 Å². The predicted molar refractivity (Wildman–Crippen MR) is 163 cm³/mol. The zero-order valence-electron chi connectivity index (χ0n) is 26.2. The number of rotatable bonds is 28. The quantitative estimate of drug-likeness (QED) is 0.0498. The molecule has 0 aliphatic rings. The summed E-state index contributed by atoms with van der Waals surface area (Å²) >= 11 is 0. The van der Waals surface area contributed by atoms with E-state index >= 15 is 0 Å². The Morgan fingerprint density at radius 1 is 0.525 bits per heavy atom. The summed E-state index contributed by atoms with van der Waals surface area (Å²) in [5.74, 6) is -3.91. The van der Waals surface area contributed by atoms with E-state index in [4.69, 9.17) is 0 Å². The summed E-state index contributed by atoms with van der Waals surface area (Å²) in [4.78, 5) is 34.4. The fraction of sp³-hybridized carbons (Fsp3) is 0.848. The highest BCUT2D eigenvalue weighted by atomic mass is 16.4. The van der Waals surface area contributed by atoms with E-state index in [1.165, 1.54) is 77.0 Å². The number of quaternary nitrogens is 1. The van der Waals surface area contributed by atoms with E-state index in [1.807, 2.05) is 0 Å². The SMILES string of the molecule is CCCC/C=C/CCCCCCCCCCCC[N+](CCC(C)C(=O)O)(CCC(C)C(=O)O)CCC(C)C(=O)O. The lowest BCUT2D eigenvalue weighted by atomic mass is 10.0. The Morgan fingerprint density at radius 3 is 1.20 bits per heavy atom. The molecule has 3 unspecified atom stereocenters. The number of carboxylic acids is 3. The van der Waals surface area contributed by atoms with Crippen LogP contribution in [0, 0.1) is 17.8 Å². The number of hydrogen-bond acceptors (Lipinski definition) is 3. The molecule has 0 bridgehead atoms. The van der Waals surface area contributed by atoms with Crippen molar-refractivity contribution in [2.45, 2.75) is 137 Å². The fourth-order valence-electron chi connectivity index (χ4n) is 5.13. The number of carboxylic acid groups (broad SMARTS) is 3. The molecule has 0 aromatic heterocycles. The van der Waals surface area contributed by atoms with Gasteiger partial charge in [-0.25, -0.2) is 0 Å². The van der Waals surface area contributed by atoms with Crippen LogP contribution in [0.2, 0.25) is 0 Å². The van der Waals surface area contributed by atoms with Gasteiger partial charge in [-0.15, -0.1) is 0 Å². The average molecular weight is 569 g/mol. The molecule has 0 fully saturated rings. The second kappa shape index (κ2) is 23.8. The maximum atomic E-state index is 11.5. The monoisotopic (exact) mass is 568 g/mol. The topological polar surface area (TPSA) is 112 Å². The van der Waals surface area contributed by atoms with Crippen LogP contribution in [0.15, 0.2) is 12.2 Å². The van der Waals surface area contributed by atoms with Crippen LogP contribution in [-0.4, -0.2) is 63.9 Å².